The summed E-state index contributed by atoms with van der Waals surface area (Å²) in [5.74, 6) is -0.512. The number of rotatable bonds is 8. The molecule has 0 atom stereocenters. The molecule has 0 amide bonds. The molecule has 0 saturated heterocycles. The largest absolute Gasteiger partial charge is 0.396 e. The zero-order chi connectivity index (χ0) is 14.5. The molecule has 0 aromatic heterocycles. The van der Waals surface area contributed by atoms with E-state index in [0.29, 0.717) is 13.2 Å². The minimum atomic E-state index is -0.512. The second kappa shape index (κ2) is 6.68. The number of ether oxygens (including phenoxy) is 3. The van der Waals surface area contributed by atoms with Crippen LogP contribution in [0, 0.1) is 5.41 Å². The highest BCUT2D eigenvalue weighted by molar-refractivity contribution is 5.13. The average Bonchev–Trinajstić information content (AvgIpc) is 2.47. The van der Waals surface area contributed by atoms with Crippen LogP contribution in [0.4, 0.5) is 0 Å². The van der Waals surface area contributed by atoms with Gasteiger partial charge in [0.2, 0.25) is 0 Å². The van der Waals surface area contributed by atoms with Crippen molar-refractivity contribution in [2.75, 3.05) is 27.4 Å². The summed E-state index contributed by atoms with van der Waals surface area (Å²) < 4.78 is 16.5. The van der Waals surface area contributed by atoms with Crippen LogP contribution in [0.1, 0.15) is 24.8 Å². The molecule has 20 heavy (non-hydrogen) atoms. The quantitative estimate of drug-likeness (QED) is 0.586. The number of aliphatic hydroxyl groups is 1. The first-order valence-electron chi connectivity index (χ1n) is 7.00. The summed E-state index contributed by atoms with van der Waals surface area (Å²) >= 11 is 0. The molecule has 1 aromatic carbocycles. The van der Waals surface area contributed by atoms with Gasteiger partial charge < -0.3 is 19.3 Å². The van der Waals surface area contributed by atoms with Crippen molar-refractivity contribution >= 4 is 0 Å². The summed E-state index contributed by atoms with van der Waals surface area (Å²) in [4.78, 5) is 0. The predicted octanol–water partition coefficient (Wildman–Crippen LogP) is 2.35. The van der Waals surface area contributed by atoms with Crippen molar-refractivity contribution < 1.29 is 19.3 Å². The molecular formula is C16H24O4. The van der Waals surface area contributed by atoms with Gasteiger partial charge in [-0.25, -0.2) is 0 Å². The lowest BCUT2D eigenvalue weighted by molar-refractivity contribution is -0.305. The van der Waals surface area contributed by atoms with Crippen LogP contribution in [0.25, 0.3) is 0 Å². The fourth-order valence-corrected chi connectivity index (χ4v) is 2.88. The van der Waals surface area contributed by atoms with Crippen molar-refractivity contribution in [3.8, 4) is 0 Å². The molecule has 1 fully saturated rings. The van der Waals surface area contributed by atoms with E-state index >= 15 is 0 Å². The lowest BCUT2D eigenvalue weighted by atomic mass is 9.63. The fourth-order valence-electron chi connectivity index (χ4n) is 2.88. The van der Waals surface area contributed by atoms with E-state index in [1.54, 1.807) is 14.2 Å². The Bertz CT molecular complexity index is 392. The number of benzene rings is 1. The van der Waals surface area contributed by atoms with Gasteiger partial charge in [-0.2, -0.15) is 0 Å². The lowest BCUT2D eigenvalue weighted by Crippen LogP contribution is -2.56. The van der Waals surface area contributed by atoms with Crippen molar-refractivity contribution in [1.82, 2.24) is 0 Å². The van der Waals surface area contributed by atoms with Crippen LogP contribution in [-0.4, -0.2) is 38.3 Å². The second-order valence-electron chi connectivity index (χ2n) is 5.62. The zero-order valence-electron chi connectivity index (χ0n) is 12.3. The number of aliphatic hydroxyl groups excluding tert-OH is 1. The molecule has 2 rings (SSSR count). The normalized spacial score (nSPS) is 19.6. The molecule has 0 spiro atoms. The Balaban J connectivity index is 1.73. The van der Waals surface area contributed by atoms with E-state index in [0.717, 1.165) is 19.3 Å². The molecule has 0 heterocycles. The molecule has 0 bridgehead atoms. The van der Waals surface area contributed by atoms with Gasteiger partial charge in [-0.05, 0) is 12.0 Å². The number of methoxy groups -OCH3 is 2. The Hall–Kier alpha value is -0.940. The van der Waals surface area contributed by atoms with Gasteiger partial charge in [-0.3, -0.25) is 0 Å². The van der Waals surface area contributed by atoms with Crippen molar-refractivity contribution in [2.45, 2.75) is 31.7 Å². The molecule has 1 saturated carbocycles. The van der Waals surface area contributed by atoms with Gasteiger partial charge in [0.15, 0.2) is 5.79 Å². The number of hydrogen-bond donors (Lipinski definition) is 1. The summed E-state index contributed by atoms with van der Waals surface area (Å²) in [5.41, 5.74) is 1.05. The van der Waals surface area contributed by atoms with Crippen LogP contribution in [0.5, 0.6) is 0 Å². The van der Waals surface area contributed by atoms with E-state index in [-0.39, 0.29) is 12.0 Å². The smallest absolute Gasteiger partial charge is 0.168 e. The molecular weight excluding hydrogens is 256 g/mol. The third-order valence-electron chi connectivity index (χ3n) is 4.26. The highest BCUT2D eigenvalue weighted by atomic mass is 16.7. The van der Waals surface area contributed by atoms with Gasteiger partial charge in [0.1, 0.15) is 0 Å². The third-order valence-corrected chi connectivity index (χ3v) is 4.26. The maximum absolute atomic E-state index is 9.61. The first kappa shape index (κ1) is 15.4. The standard InChI is InChI=1S/C16H24O4/c1-18-16(19-2)11-15(12-16,13-17)8-9-20-10-14-6-4-3-5-7-14/h3-7,17H,8-13H2,1-2H3. The lowest BCUT2D eigenvalue weighted by Gasteiger charge is -2.53. The molecule has 1 aliphatic rings. The zero-order valence-corrected chi connectivity index (χ0v) is 12.3. The van der Waals surface area contributed by atoms with E-state index in [1.165, 1.54) is 5.56 Å². The monoisotopic (exact) mass is 280 g/mol. The molecule has 1 N–H and O–H groups in total. The molecule has 112 valence electrons. The topological polar surface area (TPSA) is 47.9 Å². The summed E-state index contributed by atoms with van der Waals surface area (Å²) in [6.07, 6.45) is 2.27. The SMILES string of the molecule is COC1(OC)CC(CO)(CCOCc2ccccc2)C1. The van der Waals surface area contributed by atoms with Crippen LogP contribution in [-0.2, 0) is 20.8 Å². The Labute approximate surface area is 120 Å². The minimum Gasteiger partial charge on any atom is -0.396 e. The Morgan fingerprint density at radius 1 is 1.10 bits per heavy atom. The molecule has 1 aromatic rings. The Kier molecular flexibility index (Phi) is 5.16. The van der Waals surface area contributed by atoms with Crippen molar-refractivity contribution in [1.29, 1.82) is 0 Å². The maximum atomic E-state index is 9.61. The molecule has 0 aliphatic heterocycles. The fraction of sp³-hybridized carbons (Fsp3) is 0.625. The van der Waals surface area contributed by atoms with Crippen LogP contribution in [0.2, 0.25) is 0 Å². The van der Waals surface area contributed by atoms with E-state index in [9.17, 15) is 5.11 Å². The average molecular weight is 280 g/mol. The van der Waals surface area contributed by atoms with Crippen LogP contribution in [0.15, 0.2) is 30.3 Å². The van der Waals surface area contributed by atoms with Crippen molar-refractivity contribution in [3.05, 3.63) is 35.9 Å². The van der Waals surface area contributed by atoms with Crippen molar-refractivity contribution in [3.63, 3.8) is 0 Å². The Morgan fingerprint density at radius 3 is 2.30 bits per heavy atom. The molecule has 4 heteroatoms. The van der Waals surface area contributed by atoms with E-state index in [2.05, 4.69) is 0 Å². The van der Waals surface area contributed by atoms with Crippen molar-refractivity contribution in [2.24, 2.45) is 5.41 Å². The van der Waals surface area contributed by atoms with Crippen LogP contribution in [0.3, 0.4) is 0 Å². The molecule has 1 aliphatic carbocycles. The van der Waals surface area contributed by atoms with Gasteiger partial charge in [0.05, 0.1) is 6.61 Å². The van der Waals surface area contributed by atoms with Gasteiger partial charge >= 0.3 is 0 Å². The van der Waals surface area contributed by atoms with Crippen LogP contribution < -0.4 is 0 Å². The summed E-state index contributed by atoms with van der Waals surface area (Å²) in [7, 11) is 3.30. The van der Waals surface area contributed by atoms with E-state index < -0.39 is 5.79 Å². The van der Waals surface area contributed by atoms with E-state index in [1.807, 2.05) is 30.3 Å². The highest BCUT2D eigenvalue weighted by Gasteiger charge is 2.55. The molecule has 4 nitrogen and oxygen atoms in total. The maximum Gasteiger partial charge on any atom is 0.168 e. The van der Waals surface area contributed by atoms with Crippen LogP contribution >= 0.6 is 0 Å². The van der Waals surface area contributed by atoms with Gasteiger partial charge in [0.25, 0.3) is 0 Å². The summed E-state index contributed by atoms with van der Waals surface area (Å²) in [6, 6.07) is 10.1. The van der Waals surface area contributed by atoms with E-state index in [4.69, 9.17) is 14.2 Å². The minimum absolute atomic E-state index is 0.122. The van der Waals surface area contributed by atoms with Gasteiger partial charge in [0, 0.05) is 45.7 Å². The third kappa shape index (κ3) is 3.38. The first-order chi connectivity index (χ1) is 9.67. The van der Waals surface area contributed by atoms with Gasteiger partial charge in [-0.1, -0.05) is 30.3 Å². The first-order valence-corrected chi connectivity index (χ1v) is 7.00. The number of hydrogen-bond acceptors (Lipinski definition) is 4. The summed E-state index contributed by atoms with van der Waals surface area (Å²) in [5, 5.41) is 9.61. The highest BCUT2D eigenvalue weighted by Crippen LogP contribution is 2.52. The summed E-state index contributed by atoms with van der Waals surface area (Å²) in [6.45, 7) is 1.40. The molecule has 0 unspecified atom stereocenters. The predicted molar refractivity (Wildman–Crippen MR) is 76.2 cm³/mol. The second-order valence-corrected chi connectivity index (χ2v) is 5.62. The Morgan fingerprint density at radius 2 is 1.75 bits per heavy atom. The van der Waals surface area contributed by atoms with Gasteiger partial charge in [-0.15, -0.1) is 0 Å². The molecule has 0 radical (unpaired) electrons.